The predicted molar refractivity (Wildman–Crippen MR) is 164 cm³/mol. The highest BCUT2D eigenvalue weighted by Crippen LogP contribution is 2.52. The van der Waals surface area contributed by atoms with Crippen LogP contribution in [0.4, 0.5) is 25.8 Å². The summed E-state index contributed by atoms with van der Waals surface area (Å²) in [7, 11) is 0. The van der Waals surface area contributed by atoms with E-state index < -0.39 is 23.2 Å². The predicted octanol–water partition coefficient (Wildman–Crippen LogP) is 9.76. The maximum Gasteiger partial charge on any atom is 0.197 e. The van der Waals surface area contributed by atoms with E-state index in [2.05, 4.69) is 71.6 Å². The van der Waals surface area contributed by atoms with Gasteiger partial charge in [-0.1, -0.05) is 60.7 Å². The lowest BCUT2D eigenvalue weighted by Gasteiger charge is -2.33. The summed E-state index contributed by atoms with van der Waals surface area (Å²) < 4.78 is 27.6. The van der Waals surface area contributed by atoms with Crippen molar-refractivity contribution in [3.63, 3.8) is 0 Å². The lowest BCUT2D eigenvalue weighted by atomic mass is 9.89. The van der Waals surface area contributed by atoms with E-state index in [0.717, 1.165) is 61.5 Å². The van der Waals surface area contributed by atoms with Crippen LogP contribution in [0.5, 0.6) is 0 Å². The van der Waals surface area contributed by atoms with E-state index in [1.807, 2.05) is 30.3 Å². The van der Waals surface area contributed by atoms with Crippen molar-refractivity contribution in [3.05, 3.63) is 142 Å². The second-order valence-corrected chi connectivity index (χ2v) is 11.4. The molecule has 200 valence electrons. The van der Waals surface area contributed by atoms with Gasteiger partial charge in [-0.25, -0.2) is 8.78 Å². The molecule has 42 heavy (non-hydrogen) atoms. The number of ketones is 2. The minimum absolute atomic E-state index is 0.0876. The Morgan fingerprint density at radius 3 is 2.05 bits per heavy atom. The minimum atomic E-state index is -1.15. The first-order chi connectivity index (χ1) is 20.5. The van der Waals surface area contributed by atoms with Crippen molar-refractivity contribution in [2.75, 3.05) is 4.90 Å². The number of carbonyl (C=O) groups is 2. The average molecular weight is 568 g/mol. The van der Waals surface area contributed by atoms with Crippen LogP contribution in [0.15, 0.2) is 115 Å². The molecule has 0 radical (unpaired) electrons. The molecule has 0 atom stereocenters. The third-order valence-corrected chi connectivity index (χ3v) is 8.99. The molecule has 0 unspecified atom stereocenters. The van der Waals surface area contributed by atoms with Gasteiger partial charge in [0.15, 0.2) is 23.2 Å². The molecule has 0 fully saturated rings. The quantitative estimate of drug-likeness (QED) is 0.158. The Morgan fingerprint density at radius 1 is 0.595 bits per heavy atom. The van der Waals surface area contributed by atoms with Gasteiger partial charge >= 0.3 is 0 Å². The number of benzene rings is 5. The number of hydrogen-bond donors (Lipinski definition) is 0. The molecule has 0 spiro atoms. The van der Waals surface area contributed by atoms with Crippen LogP contribution in [0.25, 0.3) is 38.4 Å². The number of allylic oxidation sites excluding steroid dienone is 1. The number of carbonyl (C=O) groups excluding carboxylic acids is 2. The highest BCUT2D eigenvalue weighted by molar-refractivity contribution is 7.16. The van der Waals surface area contributed by atoms with Crippen LogP contribution in [-0.4, -0.2) is 11.6 Å². The molecular weight excluding hydrogens is 548 g/mol. The molecule has 2 heterocycles. The number of nitrogens with zero attached hydrogens (tertiary/aromatic N) is 1. The van der Waals surface area contributed by atoms with Gasteiger partial charge < -0.3 is 4.90 Å². The van der Waals surface area contributed by atoms with Crippen LogP contribution in [0.1, 0.15) is 25.6 Å². The van der Waals surface area contributed by atoms with E-state index in [1.165, 1.54) is 17.4 Å². The summed E-state index contributed by atoms with van der Waals surface area (Å²) in [6.07, 6.45) is 1.52. The highest BCUT2D eigenvalue weighted by atomic mass is 32.1. The third-order valence-electron chi connectivity index (χ3n) is 7.93. The van der Waals surface area contributed by atoms with Crippen molar-refractivity contribution < 1.29 is 18.4 Å². The van der Waals surface area contributed by atoms with Crippen molar-refractivity contribution >= 4 is 56.8 Å². The normalized spacial score (nSPS) is 13.5. The first-order valence-corrected chi connectivity index (χ1v) is 14.2. The van der Waals surface area contributed by atoms with Gasteiger partial charge in [0.1, 0.15) is 0 Å². The average Bonchev–Trinajstić information content (AvgIpc) is 3.57. The van der Waals surface area contributed by atoms with Gasteiger partial charge in [-0.3, -0.25) is 9.59 Å². The lowest BCUT2D eigenvalue weighted by molar-refractivity contribution is 0.0990. The molecule has 6 aromatic rings. The lowest BCUT2D eigenvalue weighted by Crippen LogP contribution is -2.14. The molecule has 2 aliphatic rings. The maximum atomic E-state index is 13.8. The number of rotatable bonds is 3. The monoisotopic (exact) mass is 567 g/mol. The summed E-state index contributed by atoms with van der Waals surface area (Å²) >= 11 is 1.45. The zero-order chi connectivity index (χ0) is 28.5. The van der Waals surface area contributed by atoms with Gasteiger partial charge in [0.2, 0.25) is 0 Å². The Labute approximate surface area is 243 Å². The summed E-state index contributed by atoms with van der Waals surface area (Å²) in [4.78, 5) is 29.8. The second kappa shape index (κ2) is 9.16. The van der Waals surface area contributed by atoms with Crippen LogP contribution >= 0.6 is 11.3 Å². The van der Waals surface area contributed by atoms with E-state index in [-0.39, 0.29) is 16.7 Å². The maximum absolute atomic E-state index is 13.8. The molecule has 0 saturated heterocycles. The van der Waals surface area contributed by atoms with Crippen molar-refractivity contribution in [1.29, 1.82) is 0 Å². The number of thiophene rings is 1. The second-order valence-electron chi connectivity index (χ2n) is 10.3. The van der Waals surface area contributed by atoms with Gasteiger partial charge in [-0.05, 0) is 71.1 Å². The fraction of sp³-hybridized carbons (Fsp3) is 0. The molecular formula is C36H19F2NO2S. The van der Waals surface area contributed by atoms with Crippen LogP contribution in [0, 0.1) is 11.6 Å². The van der Waals surface area contributed by atoms with Gasteiger partial charge in [0, 0.05) is 37.5 Å². The summed E-state index contributed by atoms with van der Waals surface area (Å²) in [5.41, 5.74) is 6.34. The Hall–Kier alpha value is -5.20. The Balaban J connectivity index is 1.25. The number of para-hydroxylation sites is 2. The number of Topliss-reactive ketones (excluding diaryl/α,β-unsaturated/α-hetero) is 2. The topological polar surface area (TPSA) is 37.4 Å². The molecule has 0 amide bonds. The van der Waals surface area contributed by atoms with Gasteiger partial charge in [0.25, 0.3) is 0 Å². The molecule has 5 aromatic carbocycles. The Kier molecular flexibility index (Phi) is 5.36. The van der Waals surface area contributed by atoms with E-state index in [0.29, 0.717) is 4.88 Å². The van der Waals surface area contributed by atoms with Crippen LogP contribution in [-0.2, 0) is 0 Å². The van der Waals surface area contributed by atoms with Crippen LogP contribution in [0.3, 0.4) is 0 Å². The molecule has 0 saturated carbocycles. The highest BCUT2D eigenvalue weighted by Gasteiger charge is 2.35. The van der Waals surface area contributed by atoms with Gasteiger partial charge in [0.05, 0.1) is 16.9 Å². The molecule has 3 nitrogen and oxygen atoms in total. The van der Waals surface area contributed by atoms with E-state index in [1.54, 1.807) is 0 Å². The largest absolute Gasteiger partial charge is 0.309 e. The van der Waals surface area contributed by atoms with E-state index in [4.69, 9.17) is 0 Å². The van der Waals surface area contributed by atoms with Crippen molar-refractivity contribution in [3.8, 4) is 21.6 Å². The number of anilines is 3. The van der Waals surface area contributed by atoms with Crippen LogP contribution in [0.2, 0.25) is 0 Å². The van der Waals surface area contributed by atoms with E-state index in [9.17, 15) is 18.4 Å². The molecule has 8 rings (SSSR count). The Bertz CT molecular complexity index is 2120. The third kappa shape index (κ3) is 3.55. The number of hydrogen-bond acceptors (Lipinski definition) is 4. The minimum Gasteiger partial charge on any atom is -0.309 e. The smallest absolute Gasteiger partial charge is 0.197 e. The first kappa shape index (κ1) is 24.6. The van der Waals surface area contributed by atoms with Crippen molar-refractivity contribution in [2.45, 2.75) is 0 Å². The fourth-order valence-electron chi connectivity index (χ4n) is 6.06. The summed E-state index contributed by atoms with van der Waals surface area (Å²) in [5.74, 6) is -3.48. The Morgan fingerprint density at radius 2 is 1.29 bits per heavy atom. The van der Waals surface area contributed by atoms with E-state index >= 15 is 0 Å². The standard InChI is InChI=1S/C36H19F2NO2S/c37-29-18-26-27(19-30(29)38)36(41)28(35(26)40)17-21-13-16-33(42-21)23-14-15-32-34-24(10-6-11-25(23)34)22-9-4-5-12-31(22)39(32)20-7-2-1-3-8-20/h1-19H. The first-order valence-electron chi connectivity index (χ1n) is 13.4. The number of halogens is 2. The molecule has 1 aromatic heterocycles. The summed E-state index contributed by atoms with van der Waals surface area (Å²) in [6, 6.07) is 34.8. The molecule has 0 N–H and O–H groups in total. The van der Waals surface area contributed by atoms with Crippen LogP contribution < -0.4 is 4.90 Å². The summed E-state index contributed by atoms with van der Waals surface area (Å²) in [6.45, 7) is 0. The molecule has 6 heteroatoms. The van der Waals surface area contributed by atoms with Crippen molar-refractivity contribution in [1.82, 2.24) is 0 Å². The zero-order valence-corrected chi connectivity index (χ0v) is 22.7. The summed E-state index contributed by atoms with van der Waals surface area (Å²) in [5, 5.41) is 2.24. The molecule has 1 aliphatic carbocycles. The van der Waals surface area contributed by atoms with Gasteiger partial charge in [-0.2, -0.15) is 0 Å². The SMILES string of the molecule is O=C1C(=Cc2ccc(-c3ccc4c5c(cccc35)-c3ccccc3N4c3ccccc3)s2)C(=O)c2cc(F)c(F)cc21. The van der Waals surface area contributed by atoms with Gasteiger partial charge in [-0.15, -0.1) is 11.3 Å². The molecule has 0 bridgehead atoms. The van der Waals surface area contributed by atoms with Crippen molar-refractivity contribution in [2.24, 2.45) is 0 Å². The molecule has 1 aliphatic heterocycles. The number of fused-ring (bicyclic) bond motifs is 3. The fourth-order valence-corrected chi connectivity index (χ4v) is 7.05. The zero-order valence-electron chi connectivity index (χ0n) is 21.9.